The van der Waals surface area contributed by atoms with Gasteiger partial charge >= 0.3 is 0 Å². The van der Waals surface area contributed by atoms with Crippen LogP contribution in [0.4, 0.5) is 0 Å². The van der Waals surface area contributed by atoms with Crippen LogP contribution in [-0.2, 0) is 12.6 Å². The SMILES string of the molecule is CCN(CC)C(=S)NCCCCN1C([S-])NN(C)C1C. The summed E-state index contributed by atoms with van der Waals surface area (Å²) in [5, 5.41) is 6.27. The van der Waals surface area contributed by atoms with Crippen molar-refractivity contribution in [3.05, 3.63) is 0 Å². The van der Waals surface area contributed by atoms with Crippen molar-refractivity contribution in [1.82, 2.24) is 25.6 Å². The van der Waals surface area contributed by atoms with Crippen molar-refractivity contribution in [2.24, 2.45) is 0 Å². The van der Waals surface area contributed by atoms with Crippen molar-refractivity contribution in [3.63, 3.8) is 0 Å². The van der Waals surface area contributed by atoms with Gasteiger partial charge in [-0.3, -0.25) is 10.3 Å². The van der Waals surface area contributed by atoms with Crippen LogP contribution in [0.15, 0.2) is 0 Å². The molecule has 2 atom stereocenters. The molecule has 1 rings (SSSR count). The number of hydrogen-bond donors (Lipinski definition) is 2. The monoisotopic (exact) mass is 318 g/mol. The third-order valence-electron chi connectivity index (χ3n) is 3.83. The van der Waals surface area contributed by atoms with E-state index in [0.717, 1.165) is 44.1 Å². The third kappa shape index (κ3) is 5.04. The number of nitrogens with one attached hydrogen (secondary N) is 2. The molecule has 0 aromatic carbocycles. The lowest BCUT2D eigenvalue weighted by Gasteiger charge is -2.30. The molecule has 1 aliphatic rings. The second-order valence-corrected chi connectivity index (χ2v) is 5.91. The zero-order valence-corrected chi connectivity index (χ0v) is 14.7. The van der Waals surface area contributed by atoms with Crippen LogP contribution in [0.25, 0.3) is 0 Å². The summed E-state index contributed by atoms with van der Waals surface area (Å²) in [6.07, 6.45) is 2.60. The van der Waals surface area contributed by atoms with Gasteiger partial charge in [-0.2, -0.15) is 0 Å². The molecule has 0 aromatic rings. The molecule has 1 heterocycles. The quantitative estimate of drug-likeness (QED) is 0.410. The molecule has 0 bridgehead atoms. The number of rotatable bonds is 7. The molecule has 1 saturated heterocycles. The van der Waals surface area contributed by atoms with Crippen LogP contribution in [0.3, 0.4) is 0 Å². The van der Waals surface area contributed by atoms with Gasteiger partial charge < -0.3 is 22.8 Å². The van der Waals surface area contributed by atoms with Crippen LogP contribution in [0, 0.1) is 0 Å². The largest absolute Gasteiger partial charge is 0.757 e. The van der Waals surface area contributed by atoms with E-state index in [1.165, 1.54) is 0 Å². The summed E-state index contributed by atoms with van der Waals surface area (Å²) in [5.74, 6) is 0. The van der Waals surface area contributed by atoms with Gasteiger partial charge in [0.2, 0.25) is 0 Å². The van der Waals surface area contributed by atoms with Crippen LogP contribution < -0.4 is 10.7 Å². The van der Waals surface area contributed by atoms with Gasteiger partial charge in [0, 0.05) is 26.7 Å². The lowest BCUT2D eigenvalue weighted by atomic mass is 10.3. The fourth-order valence-corrected chi connectivity index (χ4v) is 3.12. The molecular formula is C13H28N5S2-. The Morgan fingerprint density at radius 3 is 2.50 bits per heavy atom. The Balaban J connectivity index is 2.15. The van der Waals surface area contributed by atoms with Crippen LogP contribution in [-0.4, -0.2) is 64.8 Å². The lowest BCUT2D eigenvalue weighted by molar-refractivity contribution is 0.158. The molecule has 0 aliphatic carbocycles. The standard InChI is InChI=1S/C13H29N5S2/c1-5-17(6-2)12(19)14-9-7-8-10-18-11(3)16(4)15-13(18)20/h11,13,15,20H,5-10H2,1-4H3,(H,14,19)/p-1. The second kappa shape index (κ2) is 9.04. The van der Waals surface area contributed by atoms with E-state index in [1.807, 2.05) is 7.05 Å². The summed E-state index contributed by atoms with van der Waals surface area (Å²) in [7, 11) is 2.04. The molecule has 0 spiro atoms. The molecular weight excluding hydrogens is 290 g/mol. The molecule has 2 unspecified atom stereocenters. The molecule has 2 N–H and O–H groups in total. The summed E-state index contributed by atoms with van der Waals surface area (Å²) in [6, 6.07) is 0. The van der Waals surface area contributed by atoms with E-state index < -0.39 is 0 Å². The van der Waals surface area contributed by atoms with Gasteiger partial charge in [-0.05, 0) is 57.9 Å². The number of hydrogen-bond acceptors (Lipinski definition) is 5. The Morgan fingerprint density at radius 1 is 1.35 bits per heavy atom. The second-order valence-electron chi connectivity index (χ2n) is 5.07. The first kappa shape index (κ1) is 18.0. The normalized spacial score (nSPS) is 24.1. The minimum Gasteiger partial charge on any atom is -0.757 e. The summed E-state index contributed by atoms with van der Waals surface area (Å²) in [6.45, 7) is 10.3. The zero-order valence-electron chi connectivity index (χ0n) is 13.1. The topological polar surface area (TPSA) is 33.8 Å². The third-order valence-corrected chi connectivity index (χ3v) is 4.60. The van der Waals surface area contributed by atoms with Gasteiger partial charge in [-0.15, -0.1) is 0 Å². The Kier molecular flexibility index (Phi) is 8.13. The fraction of sp³-hybridized carbons (Fsp3) is 0.923. The van der Waals surface area contributed by atoms with Gasteiger partial charge in [0.05, 0.1) is 6.17 Å². The Hall–Kier alpha value is -0.0800. The lowest BCUT2D eigenvalue weighted by Crippen LogP contribution is -2.40. The van der Waals surface area contributed by atoms with Crippen LogP contribution >= 0.6 is 12.2 Å². The molecule has 0 amide bonds. The van der Waals surface area contributed by atoms with E-state index in [9.17, 15) is 0 Å². The average Bonchev–Trinajstić information content (AvgIpc) is 2.65. The van der Waals surface area contributed by atoms with Crippen molar-refractivity contribution in [2.45, 2.75) is 45.3 Å². The maximum atomic E-state index is 5.39. The minimum atomic E-state index is 0.0136. The van der Waals surface area contributed by atoms with Crippen LogP contribution in [0.1, 0.15) is 33.6 Å². The predicted molar refractivity (Wildman–Crippen MR) is 91.0 cm³/mol. The Labute approximate surface area is 134 Å². The average molecular weight is 319 g/mol. The summed E-state index contributed by atoms with van der Waals surface area (Å²) < 4.78 is 0. The van der Waals surface area contributed by atoms with Crippen LogP contribution in [0.5, 0.6) is 0 Å². The van der Waals surface area contributed by atoms with Gasteiger partial charge in [-0.1, -0.05) is 0 Å². The maximum absolute atomic E-state index is 5.39. The summed E-state index contributed by atoms with van der Waals surface area (Å²) >= 11 is 10.7. The predicted octanol–water partition coefficient (Wildman–Crippen LogP) is 0.911. The molecule has 1 fully saturated rings. The summed E-state index contributed by atoms with van der Waals surface area (Å²) in [5.41, 5.74) is 3.25. The first-order valence-corrected chi connectivity index (χ1v) is 8.32. The van der Waals surface area contributed by atoms with Crippen molar-refractivity contribution < 1.29 is 0 Å². The highest BCUT2D eigenvalue weighted by molar-refractivity contribution is 7.80. The molecule has 1 aliphatic heterocycles. The van der Waals surface area contributed by atoms with Crippen LogP contribution in [0.2, 0.25) is 0 Å². The van der Waals surface area contributed by atoms with Crippen molar-refractivity contribution in [3.8, 4) is 0 Å². The highest BCUT2D eigenvalue weighted by Crippen LogP contribution is 2.13. The van der Waals surface area contributed by atoms with Crippen molar-refractivity contribution in [2.75, 3.05) is 33.2 Å². The van der Waals surface area contributed by atoms with E-state index in [-0.39, 0.29) is 5.50 Å². The molecule has 5 nitrogen and oxygen atoms in total. The fourth-order valence-electron chi connectivity index (χ4n) is 2.32. The van der Waals surface area contributed by atoms with Gasteiger partial charge in [0.15, 0.2) is 5.11 Å². The summed E-state index contributed by atoms with van der Waals surface area (Å²) in [4.78, 5) is 4.47. The Morgan fingerprint density at radius 2 is 2.00 bits per heavy atom. The molecule has 0 radical (unpaired) electrons. The van der Waals surface area contributed by atoms with Gasteiger partial charge in [0.1, 0.15) is 0 Å². The van der Waals surface area contributed by atoms with E-state index in [1.54, 1.807) is 0 Å². The molecule has 0 aromatic heterocycles. The molecule has 7 heteroatoms. The minimum absolute atomic E-state index is 0.0136. The van der Waals surface area contributed by atoms with Gasteiger partial charge in [-0.25, -0.2) is 5.01 Å². The van der Waals surface area contributed by atoms with E-state index in [2.05, 4.69) is 46.3 Å². The maximum Gasteiger partial charge on any atom is 0.168 e. The smallest absolute Gasteiger partial charge is 0.168 e. The van der Waals surface area contributed by atoms with Gasteiger partial charge in [0.25, 0.3) is 0 Å². The van der Waals surface area contributed by atoms with Crippen molar-refractivity contribution in [1.29, 1.82) is 0 Å². The first-order valence-electron chi connectivity index (χ1n) is 7.44. The first-order chi connectivity index (χ1) is 9.51. The molecule has 20 heavy (non-hydrogen) atoms. The number of nitrogens with zero attached hydrogens (tertiary/aromatic N) is 3. The van der Waals surface area contributed by atoms with E-state index in [0.29, 0.717) is 6.17 Å². The Bertz CT molecular complexity index is 298. The molecule has 118 valence electrons. The van der Waals surface area contributed by atoms with Crippen molar-refractivity contribution >= 4 is 30.0 Å². The van der Waals surface area contributed by atoms with E-state index in [4.69, 9.17) is 24.8 Å². The van der Waals surface area contributed by atoms with E-state index >= 15 is 0 Å². The zero-order chi connectivity index (χ0) is 15.1. The number of hydrazine groups is 1. The number of thiocarbonyl (C=S) groups is 1. The molecule has 0 saturated carbocycles. The number of unbranched alkanes of at least 4 members (excludes halogenated alkanes) is 1. The highest BCUT2D eigenvalue weighted by Gasteiger charge is 2.25. The highest BCUT2D eigenvalue weighted by atomic mass is 32.1.